The number of rotatable bonds is 6. The summed E-state index contributed by atoms with van der Waals surface area (Å²) in [4.78, 5) is 3.08. The van der Waals surface area contributed by atoms with E-state index in [0.717, 1.165) is 28.3 Å². The quantitative estimate of drug-likeness (QED) is 0.393. The summed E-state index contributed by atoms with van der Waals surface area (Å²) < 4.78 is 52.8. The fraction of sp³-hybridized carbons (Fsp3) is 0.167. The fourth-order valence-corrected chi connectivity index (χ4v) is 3.59. The Morgan fingerprint density at radius 3 is 2.53 bits per heavy atom. The second-order valence-electron chi connectivity index (χ2n) is 7.47. The number of fused-ring (bicyclic) bond motifs is 1. The van der Waals surface area contributed by atoms with E-state index in [-0.39, 0.29) is 5.75 Å². The number of hydrogen-bond acceptors (Lipinski definition) is 6. The summed E-state index contributed by atoms with van der Waals surface area (Å²) in [6.07, 6.45) is -4.77. The van der Waals surface area contributed by atoms with Gasteiger partial charge in [-0.15, -0.1) is 23.4 Å². The zero-order chi connectivity index (χ0) is 23.5. The van der Waals surface area contributed by atoms with E-state index < -0.39 is 6.36 Å². The molecular formula is C24H19F3N4O3. The Labute approximate surface area is 192 Å². The predicted octanol–water partition coefficient (Wildman–Crippen LogP) is 5.42. The number of H-pyrrole nitrogens is 1. The number of hydrogen-bond donors (Lipinski definition) is 2. The zero-order valence-electron chi connectivity index (χ0n) is 17.7. The van der Waals surface area contributed by atoms with E-state index in [0.29, 0.717) is 37.0 Å². The second kappa shape index (κ2) is 8.97. The van der Waals surface area contributed by atoms with Crippen LogP contribution in [-0.4, -0.2) is 34.8 Å². The third kappa shape index (κ3) is 4.90. The summed E-state index contributed by atoms with van der Waals surface area (Å²) in [7, 11) is 0. The van der Waals surface area contributed by atoms with Crippen molar-refractivity contribution >= 4 is 5.69 Å². The zero-order valence-corrected chi connectivity index (χ0v) is 17.7. The van der Waals surface area contributed by atoms with Gasteiger partial charge in [-0.3, -0.25) is 0 Å². The van der Waals surface area contributed by atoms with Crippen molar-refractivity contribution in [2.75, 3.05) is 18.5 Å². The van der Waals surface area contributed by atoms with Gasteiger partial charge in [0.05, 0.1) is 0 Å². The molecule has 0 bridgehead atoms. The highest BCUT2D eigenvalue weighted by Crippen LogP contribution is 2.32. The molecule has 5 rings (SSSR count). The first-order valence-electron chi connectivity index (χ1n) is 10.5. The second-order valence-corrected chi connectivity index (χ2v) is 7.47. The molecule has 0 unspecified atom stereocenters. The van der Waals surface area contributed by atoms with Crippen LogP contribution >= 0.6 is 0 Å². The molecule has 0 saturated carbocycles. The highest BCUT2D eigenvalue weighted by molar-refractivity contribution is 5.74. The van der Waals surface area contributed by atoms with Crippen molar-refractivity contribution in [1.82, 2.24) is 15.2 Å². The lowest BCUT2D eigenvalue weighted by atomic mass is 10.1. The Morgan fingerprint density at radius 2 is 1.68 bits per heavy atom. The van der Waals surface area contributed by atoms with Crippen LogP contribution in [0.4, 0.5) is 18.9 Å². The van der Waals surface area contributed by atoms with Crippen LogP contribution in [0.1, 0.15) is 5.56 Å². The summed E-state index contributed by atoms with van der Waals surface area (Å²) in [5.74, 6) is 1.92. The smallest absolute Gasteiger partial charge is 0.486 e. The summed E-state index contributed by atoms with van der Waals surface area (Å²) in [6.45, 7) is 1.59. The molecule has 1 aliphatic rings. The lowest BCUT2D eigenvalue weighted by Crippen LogP contribution is -2.17. The van der Waals surface area contributed by atoms with Gasteiger partial charge in [0, 0.05) is 23.4 Å². The minimum Gasteiger partial charge on any atom is -0.486 e. The number of halogens is 3. The first-order valence-corrected chi connectivity index (χ1v) is 10.5. The van der Waals surface area contributed by atoms with Crippen LogP contribution in [0.5, 0.6) is 17.2 Å². The van der Waals surface area contributed by atoms with Crippen LogP contribution in [0, 0.1) is 0 Å². The van der Waals surface area contributed by atoms with Gasteiger partial charge in [0.2, 0.25) is 0 Å². The van der Waals surface area contributed by atoms with Crippen LogP contribution in [0.3, 0.4) is 0 Å². The van der Waals surface area contributed by atoms with Gasteiger partial charge < -0.3 is 24.5 Å². The van der Waals surface area contributed by atoms with Crippen LogP contribution in [0.15, 0.2) is 66.7 Å². The van der Waals surface area contributed by atoms with Crippen LogP contribution in [0.2, 0.25) is 0 Å². The molecule has 3 aromatic carbocycles. The van der Waals surface area contributed by atoms with E-state index in [2.05, 4.69) is 25.2 Å². The standard InChI is InChI=1S/C24H19F3N4O3/c25-24(26,27)34-17-5-3-4-16(13-17)22-29-23(31-30-22)18-6-1-2-7-19(18)28-14-15-8-9-20-21(12-15)33-11-10-32-20/h1-9,12-13,28H,10-11,14H2,(H,29,30,31). The SMILES string of the molecule is FC(F)(F)Oc1cccc(-c2nnc(-c3ccccc3NCc3ccc4c(c3)OCCO4)[nH]2)c1. The van der Waals surface area contributed by atoms with Crippen molar-refractivity contribution in [3.63, 3.8) is 0 Å². The number of ether oxygens (including phenoxy) is 3. The number of nitrogens with zero attached hydrogens (tertiary/aromatic N) is 2. The predicted molar refractivity (Wildman–Crippen MR) is 119 cm³/mol. The molecule has 4 aromatic rings. The Kier molecular flexibility index (Phi) is 5.70. The first-order chi connectivity index (χ1) is 16.4. The normalized spacial score (nSPS) is 12.9. The van der Waals surface area contributed by atoms with Crippen LogP contribution < -0.4 is 19.5 Å². The summed E-state index contributed by atoms with van der Waals surface area (Å²) >= 11 is 0. The molecule has 34 heavy (non-hydrogen) atoms. The number of alkyl halides is 3. The Bertz CT molecular complexity index is 1310. The minimum atomic E-state index is -4.77. The van der Waals surface area contributed by atoms with Crippen molar-refractivity contribution in [3.05, 3.63) is 72.3 Å². The molecule has 0 radical (unpaired) electrons. The number of para-hydroxylation sites is 1. The van der Waals surface area contributed by atoms with Crippen LogP contribution in [0.25, 0.3) is 22.8 Å². The number of anilines is 1. The monoisotopic (exact) mass is 468 g/mol. The maximum Gasteiger partial charge on any atom is 0.573 e. The average molecular weight is 468 g/mol. The first kappa shape index (κ1) is 21.6. The van der Waals surface area contributed by atoms with E-state index in [9.17, 15) is 13.2 Å². The van der Waals surface area contributed by atoms with Gasteiger partial charge in [0.25, 0.3) is 0 Å². The molecule has 0 amide bonds. The lowest BCUT2D eigenvalue weighted by molar-refractivity contribution is -0.274. The molecule has 1 aliphatic heterocycles. The Morgan fingerprint density at radius 1 is 0.882 bits per heavy atom. The molecule has 0 aliphatic carbocycles. The number of aromatic nitrogens is 3. The Balaban J connectivity index is 1.35. The van der Waals surface area contributed by atoms with Crippen molar-refractivity contribution in [2.24, 2.45) is 0 Å². The number of aromatic amines is 1. The summed E-state index contributed by atoms with van der Waals surface area (Å²) in [5.41, 5.74) is 3.01. The molecule has 7 nitrogen and oxygen atoms in total. The molecule has 174 valence electrons. The van der Waals surface area contributed by atoms with Gasteiger partial charge in [-0.1, -0.05) is 30.3 Å². The molecule has 0 saturated heterocycles. The molecule has 2 heterocycles. The summed E-state index contributed by atoms with van der Waals surface area (Å²) in [6, 6.07) is 18.9. The molecule has 0 spiro atoms. The number of nitrogens with one attached hydrogen (secondary N) is 2. The van der Waals surface area contributed by atoms with Crippen LogP contribution in [-0.2, 0) is 6.54 Å². The largest absolute Gasteiger partial charge is 0.573 e. The molecule has 0 fully saturated rings. The van der Waals surface area contributed by atoms with Gasteiger partial charge in [-0.2, -0.15) is 0 Å². The van der Waals surface area contributed by atoms with Gasteiger partial charge >= 0.3 is 6.36 Å². The lowest BCUT2D eigenvalue weighted by Gasteiger charge is -2.19. The highest BCUT2D eigenvalue weighted by Gasteiger charge is 2.31. The topological polar surface area (TPSA) is 81.3 Å². The van der Waals surface area contributed by atoms with Gasteiger partial charge in [-0.05, 0) is 42.0 Å². The molecule has 2 N–H and O–H groups in total. The van der Waals surface area contributed by atoms with Crippen molar-refractivity contribution in [2.45, 2.75) is 12.9 Å². The van der Waals surface area contributed by atoms with Gasteiger partial charge in [0.1, 0.15) is 19.0 Å². The van der Waals surface area contributed by atoms with E-state index in [1.807, 2.05) is 42.5 Å². The van der Waals surface area contributed by atoms with Crippen molar-refractivity contribution < 1.29 is 27.4 Å². The van der Waals surface area contributed by atoms with Gasteiger partial charge in [0.15, 0.2) is 23.1 Å². The molecule has 0 atom stereocenters. The van der Waals surface area contributed by atoms with E-state index in [1.54, 1.807) is 6.07 Å². The molecule has 1 aromatic heterocycles. The maximum atomic E-state index is 12.5. The minimum absolute atomic E-state index is 0.323. The maximum absolute atomic E-state index is 12.5. The van der Waals surface area contributed by atoms with E-state index in [1.165, 1.54) is 18.2 Å². The Hall–Kier alpha value is -4.21. The molecule has 10 heteroatoms. The highest BCUT2D eigenvalue weighted by atomic mass is 19.4. The van der Waals surface area contributed by atoms with Crippen molar-refractivity contribution in [3.8, 4) is 40.0 Å². The fourth-order valence-electron chi connectivity index (χ4n) is 3.59. The van der Waals surface area contributed by atoms with E-state index in [4.69, 9.17) is 9.47 Å². The summed E-state index contributed by atoms with van der Waals surface area (Å²) in [5, 5.41) is 11.7. The average Bonchev–Trinajstić information content (AvgIpc) is 3.32. The molecular weight excluding hydrogens is 449 g/mol. The van der Waals surface area contributed by atoms with E-state index >= 15 is 0 Å². The number of benzene rings is 3. The van der Waals surface area contributed by atoms with Gasteiger partial charge in [-0.25, -0.2) is 0 Å². The third-order valence-electron chi connectivity index (χ3n) is 5.10. The third-order valence-corrected chi connectivity index (χ3v) is 5.10. The van der Waals surface area contributed by atoms with Crippen molar-refractivity contribution in [1.29, 1.82) is 0 Å².